The summed E-state index contributed by atoms with van der Waals surface area (Å²) < 4.78 is 59.3. The molecule has 0 spiro atoms. The fourth-order valence-electron chi connectivity index (χ4n) is 8.05. The lowest BCUT2D eigenvalue weighted by Gasteiger charge is -2.49. The zero-order valence-corrected chi connectivity index (χ0v) is 36.3. The maximum atomic E-state index is 12.5. The maximum absolute atomic E-state index is 12.5. The largest absolute Gasteiger partial charge is 0.385 e. The molecule has 2 saturated heterocycles. The van der Waals surface area contributed by atoms with Gasteiger partial charge in [0.2, 0.25) is 0 Å². The van der Waals surface area contributed by atoms with E-state index in [0.29, 0.717) is 6.61 Å². The quantitative estimate of drug-likeness (QED) is 0.0691. The van der Waals surface area contributed by atoms with Crippen LogP contribution in [0, 0.1) is 0 Å². The van der Waals surface area contributed by atoms with E-state index in [4.69, 9.17) is 42.6 Å². The van der Waals surface area contributed by atoms with Gasteiger partial charge in [0.15, 0.2) is 12.6 Å². The second kappa shape index (κ2) is 24.4. The van der Waals surface area contributed by atoms with Gasteiger partial charge in [-0.05, 0) is 33.4 Å². The first-order valence-corrected chi connectivity index (χ1v) is 22.3. The van der Waals surface area contributed by atoms with Crippen LogP contribution in [0.4, 0.5) is 0 Å². The Morgan fingerprint density at radius 2 is 0.662 bits per heavy atom. The zero-order chi connectivity index (χ0) is 44.5. The van der Waals surface area contributed by atoms with Crippen LogP contribution in [-0.2, 0) is 82.3 Å². The first kappa shape index (κ1) is 46.4. The molecule has 65 heavy (non-hydrogen) atoms. The number of rotatable bonds is 22. The standard InChI is InChI=1S/C54H58O11/c55-47-50(60-34-42-25-13-4-14-26-42)48(59-33-41-23-11-3-12-24-41)45(37-57-31-39-19-7-1-8-20-39)64-54(47)65-49-46(38-58-32-40-21-9-2-10-22-40)63-53(56)52(62-36-44-29-17-6-18-30-44)51(49)61-35-43-27-15-5-16-28-43/h1-30,45-56H,31-38H2/t45-,46-,47-,48+,49+,50-,51+,52-,53-,54+/m1/s1. The summed E-state index contributed by atoms with van der Waals surface area (Å²) in [6.45, 7) is 1.46. The first-order chi connectivity index (χ1) is 32.1. The Balaban J connectivity index is 1.11. The van der Waals surface area contributed by atoms with Gasteiger partial charge in [-0.1, -0.05) is 182 Å². The predicted octanol–water partition coefficient (Wildman–Crippen LogP) is 7.95. The highest BCUT2D eigenvalue weighted by Gasteiger charge is 2.53. The summed E-state index contributed by atoms with van der Waals surface area (Å²) in [5, 5.41) is 24.3. The van der Waals surface area contributed by atoms with E-state index >= 15 is 0 Å². The van der Waals surface area contributed by atoms with Crippen LogP contribution in [0.25, 0.3) is 0 Å². The average molecular weight is 883 g/mol. The monoisotopic (exact) mass is 882 g/mol. The molecule has 6 aromatic rings. The third kappa shape index (κ3) is 13.5. The highest BCUT2D eigenvalue weighted by molar-refractivity contribution is 5.18. The molecule has 0 amide bonds. The average Bonchev–Trinajstić information content (AvgIpc) is 3.35. The Kier molecular flexibility index (Phi) is 17.4. The minimum absolute atomic E-state index is 0.0103. The molecule has 2 aliphatic heterocycles. The minimum atomic E-state index is -1.42. The number of aliphatic hydroxyl groups is 2. The fraction of sp³-hybridized carbons (Fsp3) is 0.333. The van der Waals surface area contributed by atoms with Gasteiger partial charge in [-0.3, -0.25) is 0 Å². The van der Waals surface area contributed by atoms with Crippen molar-refractivity contribution in [2.45, 2.75) is 101 Å². The number of ether oxygens (including phenoxy) is 9. The fourth-order valence-corrected chi connectivity index (χ4v) is 8.05. The summed E-state index contributed by atoms with van der Waals surface area (Å²) in [4.78, 5) is 0. The van der Waals surface area contributed by atoms with Crippen LogP contribution in [0.1, 0.15) is 33.4 Å². The molecule has 0 bridgehead atoms. The first-order valence-electron chi connectivity index (χ1n) is 22.3. The lowest BCUT2D eigenvalue weighted by molar-refractivity contribution is -0.370. The molecule has 10 atom stereocenters. The van der Waals surface area contributed by atoms with Crippen molar-refractivity contribution >= 4 is 0 Å². The SMILES string of the molecule is O[C@H]1[C@H](O[C@@H]2[C@H](OCc3ccccc3)[C@@H](OCc3ccccc3)[C@H](O)O[C@@H]2COCc2ccccc2)O[C@H](COCc2ccccc2)[C@H](OCc2ccccc2)[C@@H]1OCc1ccccc1. The zero-order valence-electron chi connectivity index (χ0n) is 36.3. The van der Waals surface area contributed by atoms with Crippen molar-refractivity contribution in [3.63, 3.8) is 0 Å². The van der Waals surface area contributed by atoms with Gasteiger partial charge in [0.1, 0.15) is 48.8 Å². The van der Waals surface area contributed by atoms with Crippen LogP contribution in [0.3, 0.4) is 0 Å². The van der Waals surface area contributed by atoms with Crippen LogP contribution in [0.5, 0.6) is 0 Å². The summed E-state index contributed by atoms with van der Waals surface area (Å²) in [6.07, 6.45) is -10.5. The Morgan fingerprint density at radius 3 is 1.06 bits per heavy atom. The van der Waals surface area contributed by atoms with Gasteiger partial charge in [-0.15, -0.1) is 0 Å². The molecule has 11 heteroatoms. The van der Waals surface area contributed by atoms with E-state index in [2.05, 4.69) is 0 Å². The minimum Gasteiger partial charge on any atom is -0.385 e. The number of benzene rings is 6. The van der Waals surface area contributed by atoms with Crippen molar-refractivity contribution in [3.05, 3.63) is 215 Å². The molecular formula is C54H58O11. The molecule has 2 heterocycles. The van der Waals surface area contributed by atoms with E-state index in [9.17, 15) is 10.2 Å². The Hall–Kier alpha value is -5.12. The molecule has 0 aromatic heterocycles. The second-order valence-electron chi connectivity index (χ2n) is 16.2. The molecule has 2 N–H and O–H groups in total. The van der Waals surface area contributed by atoms with Crippen LogP contribution < -0.4 is 0 Å². The molecule has 8 rings (SSSR count). The molecule has 0 unspecified atom stereocenters. The molecule has 0 aliphatic carbocycles. The van der Waals surface area contributed by atoms with Crippen molar-refractivity contribution in [2.75, 3.05) is 13.2 Å². The molecular weight excluding hydrogens is 825 g/mol. The molecule has 340 valence electrons. The van der Waals surface area contributed by atoms with Crippen LogP contribution in [-0.4, -0.2) is 84.8 Å². The van der Waals surface area contributed by atoms with Crippen molar-refractivity contribution in [2.24, 2.45) is 0 Å². The Labute approximate surface area is 381 Å². The van der Waals surface area contributed by atoms with Gasteiger partial charge in [0, 0.05) is 0 Å². The van der Waals surface area contributed by atoms with E-state index in [-0.39, 0.29) is 46.2 Å². The summed E-state index contributed by atoms with van der Waals surface area (Å²) in [5.74, 6) is 0. The van der Waals surface area contributed by atoms with Gasteiger partial charge in [-0.2, -0.15) is 0 Å². The van der Waals surface area contributed by atoms with Gasteiger partial charge < -0.3 is 52.8 Å². The van der Waals surface area contributed by atoms with Crippen LogP contribution in [0.15, 0.2) is 182 Å². The Morgan fingerprint density at radius 1 is 0.338 bits per heavy atom. The summed E-state index contributed by atoms with van der Waals surface area (Å²) >= 11 is 0. The smallest absolute Gasteiger partial charge is 0.187 e. The molecule has 2 aliphatic rings. The molecule has 0 radical (unpaired) electrons. The van der Waals surface area contributed by atoms with Gasteiger partial charge >= 0.3 is 0 Å². The molecule has 0 saturated carbocycles. The van der Waals surface area contributed by atoms with Crippen molar-refractivity contribution in [1.29, 1.82) is 0 Å². The third-order valence-corrected chi connectivity index (χ3v) is 11.4. The van der Waals surface area contributed by atoms with E-state index in [1.54, 1.807) is 0 Å². The van der Waals surface area contributed by atoms with Gasteiger partial charge in [0.05, 0.1) is 52.9 Å². The lowest BCUT2D eigenvalue weighted by Crippen LogP contribution is -2.66. The van der Waals surface area contributed by atoms with E-state index in [0.717, 1.165) is 33.4 Å². The highest BCUT2D eigenvalue weighted by Crippen LogP contribution is 2.35. The highest BCUT2D eigenvalue weighted by atomic mass is 16.7. The summed E-state index contributed by atoms with van der Waals surface area (Å²) in [5.41, 5.74) is 5.63. The summed E-state index contributed by atoms with van der Waals surface area (Å²) in [7, 11) is 0. The van der Waals surface area contributed by atoms with E-state index in [1.807, 2.05) is 182 Å². The van der Waals surface area contributed by atoms with Gasteiger partial charge in [0.25, 0.3) is 0 Å². The predicted molar refractivity (Wildman–Crippen MR) is 243 cm³/mol. The maximum Gasteiger partial charge on any atom is 0.187 e. The number of aliphatic hydroxyl groups excluding tert-OH is 2. The second-order valence-corrected chi connectivity index (χ2v) is 16.2. The number of hydrogen-bond acceptors (Lipinski definition) is 11. The molecule has 11 nitrogen and oxygen atoms in total. The third-order valence-electron chi connectivity index (χ3n) is 11.4. The molecule has 6 aromatic carbocycles. The lowest BCUT2D eigenvalue weighted by atomic mass is 9.96. The van der Waals surface area contributed by atoms with E-state index in [1.165, 1.54) is 0 Å². The Bertz CT molecular complexity index is 2210. The molecule has 2 fully saturated rings. The summed E-state index contributed by atoms with van der Waals surface area (Å²) in [6, 6.07) is 58.7. The topological polar surface area (TPSA) is 124 Å². The van der Waals surface area contributed by atoms with Crippen LogP contribution in [0.2, 0.25) is 0 Å². The van der Waals surface area contributed by atoms with Crippen molar-refractivity contribution in [3.8, 4) is 0 Å². The van der Waals surface area contributed by atoms with Crippen LogP contribution >= 0.6 is 0 Å². The van der Waals surface area contributed by atoms with E-state index < -0.39 is 61.4 Å². The van der Waals surface area contributed by atoms with Crippen molar-refractivity contribution in [1.82, 2.24) is 0 Å². The number of hydrogen-bond donors (Lipinski definition) is 2. The normalized spacial score (nSPS) is 25.6. The van der Waals surface area contributed by atoms with Crippen molar-refractivity contribution < 1.29 is 52.8 Å². The van der Waals surface area contributed by atoms with Gasteiger partial charge in [-0.25, -0.2) is 0 Å².